The predicted molar refractivity (Wildman–Crippen MR) is 121 cm³/mol. The number of allylic oxidation sites excluding steroid dienone is 2. The van der Waals surface area contributed by atoms with E-state index in [1.165, 1.54) is 0 Å². The molecule has 6 heteroatoms. The van der Waals surface area contributed by atoms with Gasteiger partial charge in [-0.25, -0.2) is 0 Å². The highest BCUT2D eigenvalue weighted by molar-refractivity contribution is 6.04. The van der Waals surface area contributed by atoms with E-state index in [1.807, 2.05) is 24.4 Å². The van der Waals surface area contributed by atoms with E-state index in [-0.39, 0.29) is 11.8 Å². The number of nitrogens with two attached hydrogens (primary N) is 1. The molecule has 0 saturated heterocycles. The Morgan fingerprint density at radius 3 is 2.87 bits per heavy atom. The van der Waals surface area contributed by atoms with Gasteiger partial charge in [-0.2, -0.15) is 10.2 Å². The lowest BCUT2D eigenvalue weighted by Crippen LogP contribution is -2.18. The Morgan fingerprint density at radius 2 is 2.00 bits per heavy atom. The molecule has 0 bridgehead atoms. The van der Waals surface area contributed by atoms with Gasteiger partial charge in [0, 0.05) is 22.8 Å². The number of nitrogens with zero attached hydrogens (tertiary/aromatic N) is 3. The number of anilines is 1. The first-order chi connectivity index (χ1) is 14.6. The Hall–Kier alpha value is -3.67. The Labute approximate surface area is 174 Å². The van der Waals surface area contributed by atoms with E-state index in [0.29, 0.717) is 5.82 Å². The van der Waals surface area contributed by atoms with Crippen molar-refractivity contribution in [2.24, 2.45) is 10.9 Å². The normalized spacial score (nSPS) is 21.3. The Balaban J connectivity index is 1.68. The van der Waals surface area contributed by atoms with Crippen molar-refractivity contribution in [3.05, 3.63) is 83.2 Å². The van der Waals surface area contributed by atoms with Crippen LogP contribution in [0.25, 0.3) is 10.9 Å². The number of H-pyrrole nitrogens is 2. The van der Waals surface area contributed by atoms with E-state index in [4.69, 9.17) is 10.7 Å². The molecule has 5 rings (SSSR count). The molecular formula is C24H24N6. The predicted octanol–water partition coefficient (Wildman–Crippen LogP) is 5.03. The lowest BCUT2D eigenvalue weighted by atomic mass is 9.83. The Kier molecular flexibility index (Phi) is 4.47. The third kappa shape index (κ3) is 3.10. The number of nitrogen functional groups attached to an aromatic ring is 1. The summed E-state index contributed by atoms with van der Waals surface area (Å²) in [4.78, 5) is 5.07. The molecule has 2 aromatic heterocycles. The van der Waals surface area contributed by atoms with Crippen molar-refractivity contribution in [1.82, 2.24) is 20.4 Å². The molecule has 1 aliphatic rings. The van der Waals surface area contributed by atoms with E-state index in [2.05, 4.69) is 70.7 Å². The smallest absolute Gasteiger partial charge is 0.150 e. The average molecular weight is 396 g/mol. The maximum atomic E-state index is 6.38. The van der Waals surface area contributed by atoms with Gasteiger partial charge < -0.3 is 5.73 Å². The molecule has 0 aliphatic heterocycles. The van der Waals surface area contributed by atoms with Gasteiger partial charge in [0.1, 0.15) is 5.82 Å². The fraction of sp³-hybridized carbons (Fsp3) is 0.208. The lowest BCUT2D eigenvalue weighted by Gasteiger charge is -2.22. The third-order valence-electron chi connectivity index (χ3n) is 5.87. The molecule has 2 heterocycles. The van der Waals surface area contributed by atoms with Crippen LogP contribution in [0.1, 0.15) is 41.6 Å². The monoisotopic (exact) mass is 396 g/mol. The van der Waals surface area contributed by atoms with Crippen LogP contribution in [0.15, 0.2) is 65.8 Å². The number of aromatic amines is 2. The highest BCUT2D eigenvalue weighted by Crippen LogP contribution is 2.37. The number of para-hydroxylation sites is 1. The second-order valence-corrected chi connectivity index (χ2v) is 7.94. The number of hydrogen-bond donors (Lipinski definition) is 3. The van der Waals surface area contributed by atoms with Gasteiger partial charge >= 0.3 is 0 Å². The van der Waals surface area contributed by atoms with E-state index in [1.54, 1.807) is 0 Å². The molecular weight excluding hydrogens is 372 g/mol. The molecule has 2 aromatic carbocycles. The van der Waals surface area contributed by atoms with Crippen molar-refractivity contribution in [1.29, 1.82) is 0 Å². The number of aryl methyl sites for hydroxylation is 1. The topological polar surface area (TPSA) is 95.7 Å². The van der Waals surface area contributed by atoms with Crippen molar-refractivity contribution < 1.29 is 0 Å². The van der Waals surface area contributed by atoms with Gasteiger partial charge in [0.25, 0.3) is 0 Å². The summed E-state index contributed by atoms with van der Waals surface area (Å²) in [7, 11) is 0. The van der Waals surface area contributed by atoms with Crippen LogP contribution in [0.2, 0.25) is 0 Å². The summed E-state index contributed by atoms with van der Waals surface area (Å²) in [5, 5.41) is 15.8. The number of rotatable bonds is 2. The minimum Gasteiger partial charge on any atom is -0.382 e. The van der Waals surface area contributed by atoms with Crippen LogP contribution in [-0.4, -0.2) is 26.1 Å². The molecule has 1 aliphatic carbocycles. The van der Waals surface area contributed by atoms with Crippen LogP contribution in [0.4, 0.5) is 11.5 Å². The molecule has 4 N–H and O–H groups in total. The first-order valence-corrected chi connectivity index (χ1v) is 10.2. The van der Waals surface area contributed by atoms with Crippen molar-refractivity contribution >= 4 is 28.1 Å². The molecule has 150 valence electrons. The second-order valence-electron chi connectivity index (χ2n) is 7.94. The van der Waals surface area contributed by atoms with E-state index < -0.39 is 0 Å². The summed E-state index contributed by atoms with van der Waals surface area (Å²) < 4.78 is 0. The highest BCUT2D eigenvalue weighted by atomic mass is 15.2. The van der Waals surface area contributed by atoms with Gasteiger partial charge in [0.2, 0.25) is 0 Å². The van der Waals surface area contributed by atoms with Crippen LogP contribution >= 0.6 is 0 Å². The summed E-state index contributed by atoms with van der Waals surface area (Å²) in [6, 6.07) is 14.5. The molecule has 0 saturated carbocycles. The molecule has 0 fully saturated rings. The van der Waals surface area contributed by atoms with Gasteiger partial charge in [-0.05, 0) is 42.7 Å². The maximum absolute atomic E-state index is 6.38. The van der Waals surface area contributed by atoms with Crippen LogP contribution in [0, 0.1) is 12.8 Å². The van der Waals surface area contributed by atoms with Gasteiger partial charge in [-0.3, -0.25) is 15.2 Å². The second kappa shape index (κ2) is 7.30. The number of aromatic nitrogens is 4. The van der Waals surface area contributed by atoms with Crippen LogP contribution < -0.4 is 5.73 Å². The minimum atomic E-state index is -0.00683. The number of aliphatic imine (C=N–C) groups is 1. The first kappa shape index (κ1) is 18.4. The van der Waals surface area contributed by atoms with Crippen LogP contribution in [0.3, 0.4) is 0 Å². The number of hydrogen-bond acceptors (Lipinski definition) is 4. The molecule has 0 amide bonds. The molecule has 4 aromatic rings. The first-order valence-electron chi connectivity index (χ1n) is 10.2. The molecule has 0 radical (unpaired) electrons. The van der Waals surface area contributed by atoms with Crippen molar-refractivity contribution in [2.45, 2.75) is 26.2 Å². The highest BCUT2D eigenvalue weighted by Gasteiger charge is 2.28. The fourth-order valence-corrected chi connectivity index (χ4v) is 4.16. The zero-order valence-corrected chi connectivity index (χ0v) is 17.1. The molecule has 2 atom stereocenters. The Bertz CT molecular complexity index is 1280. The summed E-state index contributed by atoms with van der Waals surface area (Å²) in [5.41, 5.74) is 13.6. The SMILES string of the molecule is Cc1ccccc1N=C1c2[nH]nc(N)c2C(c2ccc3[nH]ncc3c2)/C=C/CC1C. The maximum Gasteiger partial charge on any atom is 0.150 e. The summed E-state index contributed by atoms with van der Waals surface area (Å²) in [6.07, 6.45) is 7.20. The summed E-state index contributed by atoms with van der Waals surface area (Å²) >= 11 is 0. The quantitative estimate of drug-likeness (QED) is 0.415. The van der Waals surface area contributed by atoms with Crippen LogP contribution in [-0.2, 0) is 0 Å². The van der Waals surface area contributed by atoms with Crippen molar-refractivity contribution in [3.63, 3.8) is 0 Å². The van der Waals surface area contributed by atoms with Gasteiger partial charge in [-0.1, -0.05) is 43.3 Å². The summed E-state index contributed by atoms with van der Waals surface area (Å²) in [6.45, 7) is 4.28. The van der Waals surface area contributed by atoms with E-state index in [0.717, 1.165) is 51.1 Å². The van der Waals surface area contributed by atoms with E-state index in [9.17, 15) is 0 Å². The summed E-state index contributed by atoms with van der Waals surface area (Å²) in [5.74, 6) is 0.739. The number of benzene rings is 2. The molecule has 0 spiro atoms. The van der Waals surface area contributed by atoms with E-state index >= 15 is 0 Å². The largest absolute Gasteiger partial charge is 0.382 e. The molecule has 30 heavy (non-hydrogen) atoms. The lowest BCUT2D eigenvalue weighted by molar-refractivity contribution is 0.774. The standard InChI is InChI=1S/C24H24N6/c1-14-6-3-4-9-19(14)27-22-15(2)7-5-8-18(21-23(22)29-30-24(21)25)16-10-11-20-17(12-16)13-26-28-20/h3-6,8-13,15,18H,7H2,1-2H3,(H,26,28)(H3,25,29,30)/b8-5+,27-22?. The fourth-order valence-electron chi connectivity index (χ4n) is 4.16. The van der Waals surface area contributed by atoms with Crippen LogP contribution in [0.5, 0.6) is 0 Å². The Morgan fingerprint density at radius 1 is 1.13 bits per heavy atom. The minimum absolute atomic E-state index is 0.00683. The zero-order chi connectivity index (χ0) is 20.7. The zero-order valence-electron chi connectivity index (χ0n) is 17.1. The molecule has 6 nitrogen and oxygen atoms in total. The van der Waals surface area contributed by atoms with Crippen molar-refractivity contribution in [2.75, 3.05) is 5.73 Å². The van der Waals surface area contributed by atoms with Crippen molar-refractivity contribution in [3.8, 4) is 0 Å². The van der Waals surface area contributed by atoms with Gasteiger partial charge in [-0.15, -0.1) is 0 Å². The number of nitrogens with one attached hydrogen (secondary N) is 2. The van der Waals surface area contributed by atoms with Gasteiger partial charge in [0.05, 0.1) is 28.8 Å². The van der Waals surface area contributed by atoms with Gasteiger partial charge in [0.15, 0.2) is 0 Å². The average Bonchev–Trinajstić information content (AvgIpc) is 3.35. The number of fused-ring (bicyclic) bond motifs is 2. The third-order valence-corrected chi connectivity index (χ3v) is 5.87. The molecule has 2 unspecified atom stereocenters.